The Kier molecular flexibility index (Phi) is 4.85. The van der Waals surface area contributed by atoms with Crippen LogP contribution in [0.25, 0.3) is 11.1 Å². The molecule has 1 fully saturated rings. The van der Waals surface area contributed by atoms with Crippen LogP contribution >= 0.6 is 0 Å². The summed E-state index contributed by atoms with van der Waals surface area (Å²) >= 11 is 0. The molecule has 32 heavy (non-hydrogen) atoms. The number of rotatable bonds is 6. The molecule has 2 aliphatic rings. The van der Waals surface area contributed by atoms with Crippen LogP contribution in [0.1, 0.15) is 31.0 Å². The molecule has 1 amide bonds. The number of amides is 1. The molecule has 0 atom stereocenters. The molecule has 0 unspecified atom stereocenters. The van der Waals surface area contributed by atoms with Gasteiger partial charge in [-0.05, 0) is 71.8 Å². The summed E-state index contributed by atoms with van der Waals surface area (Å²) in [5, 5.41) is 12.1. The summed E-state index contributed by atoms with van der Waals surface area (Å²) in [7, 11) is 0. The summed E-state index contributed by atoms with van der Waals surface area (Å²) in [6, 6.07) is 19.1. The van der Waals surface area contributed by atoms with Gasteiger partial charge in [0, 0.05) is 7.11 Å². The Morgan fingerprint density at radius 1 is 1.00 bits per heavy atom. The molecule has 0 radical (unpaired) electrons. The third kappa shape index (κ3) is 3.68. The molecule has 1 aliphatic carbocycles. The number of benzene rings is 3. The number of aryl methyl sites for hydroxylation is 1. The van der Waals surface area contributed by atoms with Crippen molar-refractivity contribution in [2.24, 2.45) is 0 Å². The van der Waals surface area contributed by atoms with E-state index in [1.54, 1.807) is 0 Å². The molecule has 0 saturated heterocycles. The average molecular weight is 431 g/mol. The van der Waals surface area contributed by atoms with E-state index in [0.717, 1.165) is 46.3 Å². The van der Waals surface area contributed by atoms with E-state index in [-0.39, 0.29) is 20.5 Å². The molecule has 1 aliphatic heterocycles. The summed E-state index contributed by atoms with van der Waals surface area (Å²) in [5.74, 6) is 0.520. The van der Waals surface area contributed by atoms with E-state index in [9.17, 15) is 9.59 Å². The molecule has 2 N–H and O–H groups in total. The zero-order valence-electron chi connectivity index (χ0n) is 17.7. The van der Waals surface area contributed by atoms with E-state index in [4.69, 9.17) is 14.6 Å². The normalized spacial score (nSPS) is 15.3. The van der Waals surface area contributed by atoms with Gasteiger partial charge in [0.15, 0.2) is 11.5 Å². The molecular formula is C26H25NO5. The van der Waals surface area contributed by atoms with Crippen LogP contribution < -0.4 is 14.8 Å². The monoisotopic (exact) mass is 431 g/mol. The van der Waals surface area contributed by atoms with Crippen molar-refractivity contribution in [1.82, 2.24) is 0 Å². The van der Waals surface area contributed by atoms with E-state index in [1.807, 2.05) is 67.6 Å². The van der Waals surface area contributed by atoms with Crippen LogP contribution in [0, 0.1) is 6.92 Å². The molecule has 6 heteroatoms. The smallest absolute Gasteiger partial charge is 0.307 e. The number of ether oxygens (including phenoxy) is 2. The molecule has 1 saturated carbocycles. The summed E-state index contributed by atoms with van der Waals surface area (Å²) in [6.07, 6.45) is 1.59. The van der Waals surface area contributed by atoms with E-state index >= 15 is 0 Å². The second kappa shape index (κ2) is 7.71. The molecular weight excluding hydrogens is 406 g/mol. The Labute approximate surface area is 187 Å². The average Bonchev–Trinajstić information content (AvgIpc) is 3.46. The van der Waals surface area contributed by atoms with Gasteiger partial charge in [-0.25, -0.2) is 0 Å². The third-order valence-electron chi connectivity index (χ3n) is 6.23. The van der Waals surface area contributed by atoms with Gasteiger partial charge >= 0.3 is 5.97 Å². The number of aliphatic carboxylic acids is 1. The number of nitrogens with one attached hydrogen (secondary N) is 1. The molecule has 0 aromatic heterocycles. The van der Waals surface area contributed by atoms with Gasteiger partial charge in [-0.3, -0.25) is 9.59 Å². The Hall–Kier alpha value is -3.80. The molecule has 3 aromatic rings. The Morgan fingerprint density at radius 3 is 2.47 bits per heavy atom. The van der Waals surface area contributed by atoms with Gasteiger partial charge in [0.25, 0.3) is 0 Å². The second-order valence-electron chi connectivity index (χ2n) is 8.40. The first-order valence-corrected chi connectivity index (χ1v) is 10.6. The van der Waals surface area contributed by atoms with Crippen LogP contribution in [0.15, 0.2) is 60.7 Å². The molecule has 6 nitrogen and oxygen atoms in total. The van der Waals surface area contributed by atoms with Gasteiger partial charge in [-0.2, -0.15) is 0 Å². The number of carbonyl (C=O) groups is 2. The lowest BCUT2D eigenvalue weighted by Gasteiger charge is -2.17. The fourth-order valence-corrected chi connectivity index (χ4v) is 4.20. The van der Waals surface area contributed by atoms with Gasteiger partial charge in [0.05, 0.1) is 11.8 Å². The van der Waals surface area contributed by atoms with Gasteiger partial charge in [0.2, 0.25) is 12.7 Å². The number of carbonyl (C=O) groups excluding carboxylic acids is 1. The lowest BCUT2D eigenvalue weighted by atomic mass is 9.94. The Balaban J connectivity index is 0.00000259. The first-order chi connectivity index (χ1) is 15.4. The van der Waals surface area contributed by atoms with Crippen molar-refractivity contribution in [3.63, 3.8) is 0 Å². The fourth-order valence-electron chi connectivity index (χ4n) is 4.20. The highest BCUT2D eigenvalue weighted by molar-refractivity contribution is 6.02. The van der Waals surface area contributed by atoms with Gasteiger partial charge in [0.1, 0.15) is 0 Å². The number of carboxylic acid groups (broad SMARTS) is 1. The predicted octanol–water partition coefficient (Wildman–Crippen LogP) is 4.93. The fraction of sp³-hybridized carbons (Fsp3) is 0.231. The van der Waals surface area contributed by atoms with Crippen molar-refractivity contribution in [3.05, 3.63) is 77.4 Å². The minimum atomic E-state index is -0.852. The number of carboxylic acids is 1. The van der Waals surface area contributed by atoms with Gasteiger partial charge in [-0.15, -0.1) is 0 Å². The van der Waals surface area contributed by atoms with Crippen molar-refractivity contribution in [2.45, 2.75) is 31.6 Å². The molecule has 5 rings (SSSR count). The molecule has 0 bridgehead atoms. The molecule has 0 spiro atoms. The highest BCUT2D eigenvalue weighted by Gasteiger charge is 2.51. The number of anilines is 1. The number of hydrogen-bond acceptors (Lipinski definition) is 4. The maximum Gasteiger partial charge on any atom is 0.307 e. The first kappa shape index (κ1) is 20.1. The topological polar surface area (TPSA) is 84.9 Å². The summed E-state index contributed by atoms with van der Waals surface area (Å²) in [5.41, 5.74) is 4.94. The predicted molar refractivity (Wildman–Crippen MR) is 122 cm³/mol. The maximum atomic E-state index is 13.2. The summed E-state index contributed by atoms with van der Waals surface area (Å²) < 4.78 is 10.9. The van der Waals surface area contributed by atoms with Crippen LogP contribution in [0.2, 0.25) is 0 Å². The third-order valence-corrected chi connectivity index (χ3v) is 6.23. The molecule has 164 valence electrons. The minimum absolute atomic E-state index is 0. The number of fused-ring (bicyclic) bond motifs is 1. The Morgan fingerprint density at radius 2 is 1.75 bits per heavy atom. The van der Waals surface area contributed by atoms with Crippen molar-refractivity contribution < 1.29 is 25.6 Å². The highest BCUT2D eigenvalue weighted by atomic mass is 16.7. The maximum absolute atomic E-state index is 13.2. The molecule has 3 aromatic carbocycles. The van der Waals surface area contributed by atoms with Gasteiger partial charge in [-0.1, -0.05) is 36.4 Å². The van der Waals surface area contributed by atoms with Crippen LogP contribution in [0.3, 0.4) is 0 Å². The summed E-state index contributed by atoms with van der Waals surface area (Å²) in [6.45, 7) is 2.22. The van der Waals surface area contributed by atoms with Crippen molar-refractivity contribution >= 4 is 17.6 Å². The summed E-state index contributed by atoms with van der Waals surface area (Å²) in [4.78, 5) is 24.2. The van der Waals surface area contributed by atoms with E-state index < -0.39 is 11.4 Å². The standard InChI is InChI=1S/C26H23NO5.H2/c1-16-2-8-20(14-21(16)18-5-3-17(4-6-18)12-24(28)29)27-25(30)26(10-11-26)19-7-9-22-23(13-19)32-15-31-22;/h2-9,13-14H,10-12,15H2,1H3,(H,27,30)(H,28,29);1H. The van der Waals surface area contributed by atoms with Crippen LogP contribution in [-0.4, -0.2) is 23.8 Å². The van der Waals surface area contributed by atoms with Crippen molar-refractivity contribution in [1.29, 1.82) is 0 Å². The van der Waals surface area contributed by atoms with Crippen molar-refractivity contribution in [2.75, 3.05) is 12.1 Å². The van der Waals surface area contributed by atoms with Crippen LogP contribution in [-0.2, 0) is 21.4 Å². The SMILES string of the molecule is Cc1ccc(NC(=O)C2(c3ccc4c(c3)OCO4)CC2)cc1-c1ccc(CC(=O)O)cc1.[HH]. The quantitative estimate of drug-likeness (QED) is 0.578. The lowest BCUT2D eigenvalue weighted by Crippen LogP contribution is -2.27. The molecule has 1 heterocycles. The first-order valence-electron chi connectivity index (χ1n) is 10.6. The van der Waals surface area contributed by atoms with E-state index in [2.05, 4.69) is 5.32 Å². The lowest BCUT2D eigenvalue weighted by molar-refractivity contribution is -0.136. The largest absolute Gasteiger partial charge is 0.481 e. The second-order valence-corrected chi connectivity index (χ2v) is 8.40. The highest BCUT2D eigenvalue weighted by Crippen LogP contribution is 2.51. The van der Waals surface area contributed by atoms with Crippen LogP contribution in [0.5, 0.6) is 11.5 Å². The zero-order valence-corrected chi connectivity index (χ0v) is 17.7. The number of hydrogen-bond donors (Lipinski definition) is 2. The van der Waals surface area contributed by atoms with Gasteiger partial charge < -0.3 is 19.9 Å². The minimum Gasteiger partial charge on any atom is -0.481 e. The van der Waals surface area contributed by atoms with E-state index in [1.165, 1.54) is 0 Å². The van der Waals surface area contributed by atoms with Crippen molar-refractivity contribution in [3.8, 4) is 22.6 Å². The Bertz CT molecular complexity index is 1220. The zero-order chi connectivity index (χ0) is 22.3. The van der Waals surface area contributed by atoms with E-state index in [0.29, 0.717) is 11.5 Å². The van der Waals surface area contributed by atoms with Crippen LogP contribution in [0.4, 0.5) is 5.69 Å².